The van der Waals surface area contributed by atoms with Crippen LogP contribution in [-0.2, 0) is 5.41 Å². The summed E-state index contributed by atoms with van der Waals surface area (Å²) in [6.45, 7) is 0.440. The molecule has 0 unspecified atom stereocenters. The zero-order valence-corrected chi connectivity index (χ0v) is 10.0. The van der Waals surface area contributed by atoms with Gasteiger partial charge in [-0.2, -0.15) is 0 Å². The maximum Gasteiger partial charge on any atom is 0.129 e. The molecule has 1 fully saturated rings. The smallest absolute Gasteiger partial charge is 0.129 e. The van der Waals surface area contributed by atoms with Crippen LogP contribution in [0.4, 0.5) is 8.78 Å². The molecule has 2 rings (SSSR count). The fourth-order valence-electron chi connectivity index (χ4n) is 2.91. The van der Waals surface area contributed by atoms with Crippen LogP contribution in [0.2, 0.25) is 0 Å². The van der Waals surface area contributed by atoms with Crippen molar-refractivity contribution >= 4 is 0 Å². The van der Waals surface area contributed by atoms with Crippen LogP contribution >= 0.6 is 0 Å². The molecule has 1 aliphatic rings. The van der Waals surface area contributed by atoms with Gasteiger partial charge in [-0.15, -0.1) is 0 Å². The summed E-state index contributed by atoms with van der Waals surface area (Å²) in [5.74, 6) is -0.968. The number of rotatable bonds is 2. The van der Waals surface area contributed by atoms with E-state index in [1.807, 2.05) is 0 Å². The maximum atomic E-state index is 13.9. The number of halogens is 2. The Morgan fingerprint density at radius 2 is 1.71 bits per heavy atom. The number of hydrogen-bond donors (Lipinski definition) is 1. The van der Waals surface area contributed by atoms with Crippen molar-refractivity contribution in [2.75, 3.05) is 6.54 Å². The summed E-state index contributed by atoms with van der Waals surface area (Å²) >= 11 is 0. The van der Waals surface area contributed by atoms with E-state index in [0.29, 0.717) is 12.1 Å². The molecular weight excluding hydrogens is 220 g/mol. The lowest BCUT2D eigenvalue weighted by Gasteiger charge is -2.32. The topological polar surface area (TPSA) is 26.0 Å². The Labute approximate surface area is 101 Å². The van der Waals surface area contributed by atoms with E-state index < -0.39 is 11.6 Å². The summed E-state index contributed by atoms with van der Waals surface area (Å²) in [4.78, 5) is 0. The van der Waals surface area contributed by atoms with Crippen LogP contribution in [0.5, 0.6) is 0 Å². The van der Waals surface area contributed by atoms with Gasteiger partial charge in [0, 0.05) is 18.0 Å². The van der Waals surface area contributed by atoms with Gasteiger partial charge in [0.2, 0.25) is 0 Å². The van der Waals surface area contributed by atoms with E-state index in [4.69, 9.17) is 5.73 Å². The average Bonchev–Trinajstić information content (AvgIpc) is 2.55. The second-order valence-electron chi connectivity index (χ2n) is 5.02. The molecule has 0 atom stereocenters. The lowest BCUT2D eigenvalue weighted by Crippen LogP contribution is -2.35. The highest BCUT2D eigenvalue weighted by Gasteiger charge is 2.33. The molecular formula is C14H19F2N. The van der Waals surface area contributed by atoms with E-state index in [0.717, 1.165) is 31.7 Å². The predicted octanol–water partition coefficient (Wildman–Crippen LogP) is 3.52. The molecule has 1 aliphatic carbocycles. The van der Waals surface area contributed by atoms with E-state index >= 15 is 0 Å². The van der Waals surface area contributed by atoms with Crippen molar-refractivity contribution in [2.45, 2.75) is 43.9 Å². The largest absolute Gasteiger partial charge is 0.330 e. The SMILES string of the molecule is NCC1(c2ccc(F)cc2F)CCCCCC1. The molecule has 1 saturated carbocycles. The van der Waals surface area contributed by atoms with Crippen LogP contribution in [0.25, 0.3) is 0 Å². The molecule has 0 radical (unpaired) electrons. The van der Waals surface area contributed by atoms with Gasteiger partial charge in [0.25, 0.3) is 0 Å². The second kappa shape index (κ2) is 5.13. The summed E-state index contributed by atoms with van der Waals surface area (Å²) in [6.07, 6.45) is 6.34. The third-order valence-electron chi connectivity index (χ3n) is 3.95. The Hall–Kier alpha value is -0.960. The molecule has 0 bridgehead atoms. The Kier molecular flexibility index (Phi) is 3.77. The summed E-state index contributed by atoms with van der Waals surface area (Å²) in [5.41, 5.74) is 6.20. The predicted molar refractivity (Wildman–Crippen MR) is 64.8 cm³/mol. The molecule has 0 heterocycles. The van der Waals surface area contributed by atoms with Gasteiger partial charge in [-0.1, -0.05) is 31.7 Å². The second-order valence-corrected chi connectivity index (χ2v) is 5.02. The molecule has 0 saturated heterocycles. The summed E-state index contributed by atoms with van der Waals surface area (Å²) < 4.78 is 26.9. The fraction of sp³-hybridized carbons (Fsp3) is 0.571. The molecule has 0 amide bonds. The molecule has 17 heavy (non-hydrogen) atoms. The third kappa shape index (κ3) is 2.49. The van der Waals surface area contributed by atoms with Gasteiger partial charge in [0.1, 0.15) is 11.6 Å². The van der Waals surface area contributed by atoms with Gasteiger partial charge in [0.05, 0.1) is 0 Å². The highest BCUT2D eigenvalue weighted by molar-refractivity contribution is 5.28. The minimum absolute atomic E-state index is 0.283. The first kappa shape index (κ1) is 12.5. The zero-order valence-electron chi connectivity index (χ0n) is 10.0. The first-order valence-corrected chi connectivity index (χ1v) is 6.33. The number of nitrogens with two attached hydrogens (primary N) is 1. The molecule has 1 aromatic rings. The van der Waals surface area contributed by atoms with Crippen molar-refractivity contribution < 1.29 is 8.78 Å². The standard InChI is InChI=1S/C14H19F2N/c15-11-5-6-12(13(16)9-11)14(10-17)7-3-1-2-4-8-14/h5-6,9H,1-4,7-8,10,17H2. The fourth-order valence-corrected chi connectivity index (χ4v) is 2.91. The monoisotopic (exact) mass is 239 g/mol. The molecule has 1 nitrogen and oxygen atoms in total. The van der Waals surface area contributed by atoms with Gasteiger partial charge in [0.15, 0.2) is 0 Å². The van der Waals surface area contributed by atoms with Crippen LogP contribution in [0.1, 0.15) is 44.1 Å². The van der Waals surface area contributed by atoms with Crippen molar-refractivity contribution in [1.82, 2.24) is 0 Å². The molecule has 1 aromatic carbocycles. The number of hydrogen-bond acceptors (Lipinski definition) is 1. The van der Waals surface area contributed by atoms with Crippen LogP contribution < -0.4 is 5.73 Å². The summed E-state index contributed by atoms with van der Waals surface area (Å²) in [7, 11) is 0. The normalized spacial score (nSPS) is 19.9. The molecule has 0 spiro atoms. The highest BCUT2D eigenvalue weighted by atomic mass is 19.1. The minimum Gasteiger partial charge on any atom is -0.330 e. The highest BCUT2D eigenvalue weighted by Crippen LogP contribution is 2.38. The van der Waals surface area contributed by atoms with Gasteiger partial charge in [-0.25, -0.2) is 8.78 Å². The van der Waals surface area contributed by atoms with Crippen LogP contribution in [0.3, 0.4) is 0 Å². The van der Waals surface area contributed by atoms with Crippen molar-refractivity contribution in [1.29, 1.82) is 0 Å². The van der Waals surface area contributed by atoms with Crippen LogP contribution in [0.15, 0.2) is 18.2 Å². The average molecular weight is 239 g/mol. The van der Waals surface area contributed by atoms with Gasteiger partial charge >= 0.3 is 0 Å². The zero-order chi connectivity index (χ0) is 12.3. The van der Waals surface area contributed by atoms with E-state index in [2.05, 4.69) is 0 Å². The molecule has 3 heteroatoms. The van der Waals surface area contributed by atoms with Gasteiger partial charge < -0.3 is 5.73 Å². The van der Waals surface area contributed by atoms with Crippen molar-refractivity contribution in [3.63, 3.8) is 0 Å². The van der Waals surface area contributed by atoms with Crippen LogP contribution in [-0.4, -0.2) is 6.54 Å². The van der Waals surface area contributed by atoms with E-state index in [-0.39, 0.29) is 5.41 Å². The Morgan fingerprint density at radius 3 is 2.24 bits per heavy atom. The van der Waals surface area contributed by atoms with Crippen LogP contribution in [0, 0.1) is 11.6 Å². The Bertz CT molecular complexity index is 382. The summed E-state index contributed by atoms with van der Waals surface area (Å²) in [6, 6.07) is 3.88. The van der Waals surface area contributed by atoms with E-state index in [1.54, 1.807) is 6.07 Å². The van der Waals surface area contributed by atoms with E-state index in [1.165, 1.54) is 18.9 Å². The first-order valence-electron chi connectivity index (χ1n) is 6.33. The van der Waals surface area contributed by atoms with Crippen molar-refractivity contribution in [3.05, 3.63) is 35.4 Å². The number of benzene rings is 1. The third-order valence-corrected chi connectivity index (χ3v) is 3.95. The maximum absolute atomic E-state index is 13.9. The van der Waals surface area contributed by atoms with Crippen molar-refractivity contribution in [2.24, 2.45) is 5.73 Å². The van der Waals surface area contributed by atoms with E-state index in [9.17, 15) is 8.78 Å². The van der Waals surface area contributed by atoms with Crippen molar-refractivity contribution in [3.8, 4) is 0 Å². The quantitative estimate of drug-likeness (QED) is 0.785. The minimum atomic E-state index is -0.521. The molecule has 2 N–H and O–H groups in total. The Morgan fingerprint density at radius 1 is 1.06 bits per heavy atom. The first-order chi connectivity index (χ1) is 8.18. The molecule has 0 aromatic heterocycles. The van der Waals surface area contributed by atoms with Gasteiger partial charge in [-0.05, 0) is 24.5 Å². The molecule has 94 valence electrons. The van der Waals surface area contributed by atoms with Gasteiger partial charge in [-0.3, -0.25) is 0 Å². The lowest BCUT2D eigenvalue weighted by molar-refractivity contribution is 0.363. The Balaban J connectivity index is 2.38. The summed E-state index contributed by atoms with van der Waals surface area (Å²) in [5, 5.41) is 0. The molecule has 0 aliphatic heterocycles. The lowest BCUT2D eigenvalue weighted by atomic mass is 9.74.